The molecule has 0 aliphatic carbocycles. The van der Waals surface area contributed by atoms with Crippen LogP contribution in [0.25, 0.3) is 0 Å². The number of nitrogens with zero attached hydrogens (tertiary/aromatic N) is 1. The molecule has 1 aliphatic heterocycles. The number of carbonyl (C=O) groups excluding carboxylic acids is 2. The number of imide groups is 1. The number of amides is 2. The maximum absolute atomic E-state index is 12.1. The lowest BCUT2D eigenvalue weighted by Crippen LogP contribution is -2.29. The van der Waals surface area contributed by atoms with Crippen molar-refractivity contribution in [3.05, 3.63) is 31.4 Å². The Morgan fingerprint density at radius 2 is 1.63 bits per heavy atom. The minimum Gasteiger partial charge on any atom is -0.489 e. The maximum Gasteiger partial charge on any atom is 0.258 e. The molecule has 0 unspecified atom stereocenters. The lowest BCUT2D eigenvalue weighted by Gasteiger charge is -2.17. The second-order valence-corrected chi connectivity index (χ2v) is 5.95. The Kier molecular flexibility index (Phi) is 4.76. The molecule has 0 aromatic heterocycles. The van der Waals surface area contributed by atoms with Crippen molar-refractivity contribution in [2.45, 2.75) is 0 Å². The summed E-state index contributed by atoms with van der Waals surface area (Å²) in [4.78, 5) is 24.3. The van der Waals surface area contributed by atoms with Crippen LogP contribution < -0.4 is 9.64 Å². The second kappa shape index (κ2) is 6.16. The molecule has 0 N–H and O–H groups in total. The fraction of sp³-hybridized carbons (Fsp3) is 0.167. The van der Waals surface area contributed by atoms with Gasteiger partial charge in [0, 0.05) is 12.2 Å². The van der Waals surface area contributed by atoms with Gasteiger partial charge in [-0.05, 0) is 57.3 Å². The summed E-state index contributed by atoms with van der Waals surface area (Å²) < 4.78 is 18.9. The normalized spacial score (nSPS) is 14.4. The molecule has 0 fully saturated rings. The van der Waals surface area contributed by atoms with Gasteiger partial charge >= 0.3 is 0 Å². The zero-order valence-electron chi connectivity index (χ0n) is 9.53. The topological polar surface area (TPSA) is 46.6 Å². The summed E-state index contributed by atoms with van der Waals surface area (Å²) in [5.74, 6) is -0.169. The zero-order valence-corrected chi connectivity index (χ0v) is 13.8. The number of ether oxygens (including phenoxy) is 1. The molecule has 1 heterocycles. The molecule has 2 amide bonds. The second-order valence-electron chi connectivity index (χ2n) is 3.62. The number of halogens is 3. The van der Waals surface area contributed by atoms with Crippen LogP contribution in [0.15, 0.2) is 24.3 Å². The van der Waals surface area contributed by atoms with Gasteiger partial charge in [-0.25, -0.2) is 9.29 Å². The van der Waals surface area contributed by atoms with Gasteiger partial charge in [-0.1, -0.05) is 0 Å². The van der Waals surface area contributed by atoms with Crippen molar-refractivity contribution in [1.29, 1.82) is 0 Å². The van der Waals surface area contributed by atoms with Crippen molar-refractivity contribution >= 4 is 62.7 Å². The SMILES string of the molecule is O=C1C=CC(=O)N1c1cc(I)c(OCCF)c(I)c1. The fourth-order valence-corrected chi connectivity index (χ4v) is 3.66. The molecular weight excluding hydrogens is 479 g/mol. The van der Waals surface area contributed by atoms with Crippen LogP contribution in [0.5, 0.6) is 5.75 Å². The van der Waals surface area contributed by atoms with Crippen LogP contribution in [0.4, 0.5) is 10.1 Å². The minimum absolute atomic E-state index is 0.0194. The Morgan fingerprint density at radius 3 is 2.11 bits per heavy atom. The van der Waals surface area contributed by atoms with Gasteiger partial charge < -0.3 is 4.74 Å². The van der Waals surface area contributed by atoms with E-state index in [1.165, 1.54) is 12.2 Å². The van der Waals surface area contributed by atoms with Crippen LogP contribution in [0.3, 0.4) is 0 Å². The number of rotatable bonds is 4. The van der Waals surface area contributed by atoms with Crippen LogP contribution in [-0.4, -0.2) is 25.1 Å². The molecule has 0 saturated carbocycles. The largest absolute Gasteiger partial charge is 0.489 e. The Labute approximate surface area is 136 Å². The molecule has 4 nitrogen and oxygen atoms in total. The molecule has 100 valence electrons. The fourth-order valence-electron chi connectivity index (χ4n) is 1.61. The monoisotopic (exact) mass is 487 g/mol. The van der Waals surface area contributed by atoms with Crippen LogP contribution >= 0.6 is 45.2 Å². The summed E-state index contributed by atoms with van der Waals surface area (Å²) in [7, 11) is 0. The van der Waals surface area contributed by atoms with Crippen molar-refractivity contribution in [2.24, 2.45) is 0 Å². The summed E-state index contributed by atoms with van der Waals surface area (Å²) in [6.45, 7) is -0.588. The summed E-state index contributed by atoms with van der Waals surface area (Å²) in [6, 6.07) is 3.33. The molecule has 0 bridgehead atoms. The number of benzene rings is 1. The molecule has 0 spiro atoms. The van der Waals surface area contributed by atoms with E-state index < -0.39 is 6.67 Å². The van der Waals surface area contributed by atoms with Gasteiger partial charge in [-0.3, -0.25) is 9.59 Å². The van der Waals surface area contributed by atoms with E-state index in [2.05, 4.69) is 0 Å². The summed E-state index contributed by atoms with van der Waals surface area (Å²) >= 11 is 4.06. The van der Waals surface area contributed by atoms with E-state index in [-0.39, 0.29) is 18.4 Å². The molecular formula is C12H8FI2NO3. The number of anilines is 1. The highest BCUT2D eigenvalue weighted by Gasteiger charge is 2.26. The standard InChI is InChI=1S/C12H8FI2NO3/c13-3-4-19-12-8(14)5-7(6-9(12)15)16-10(17)1-2-11(16)18/h1-2,5-6H,3-4H2. The highest BCUT2D eigenvalue weighted by atomic mass is 127. The lowest BCUT2D eigenvalue weighted by molar-refractivity contribution is -0.119. The van der Waals surface area contributed by atoms with Crippen LogP contribution in [0.1, 0.15) is 0 Å². The highest BCUT2D eigenvalue weighted by molar-refractivity contribution is 14.1. The van der Waals surface area contributed by atoms with E-state index >= 15 is 0 Å². The number of carbonyl (C=O) groups is 2. The van der Waals surface area contributed by atoms with Crippen molar-refractivity contribution in [3.63, 3.8) is 0 Å². The predicted octanol–water partition coefficient (Wildman–Crippen LogP) is 2.67. The van der Waals surface area contributed by atoms with Crippen molar-refractivity contribution in [1.82, 2.24) is 0 Å². The molecule has 0 saturated heterocycles. The molecule has 19 heavy (non-hydrogen) atoms. The van der Waals surface area contributed by atoms with Gasteiger partial charge in [0.05, 0.1) is 12.8 Å². The average Bonchev–Trinajstić information content (AvgIpc) is 2.68. The number of alkyl halides is 1. The quantitative estimate of drug-likeness (QED) is 0.485. The van der Waals surface area contributed by atoms with Gasteiger partial charge in [0.15, 0.2) is 0 Å². The smallest absolute Gasteiger partial charge is 0.258 e. The van der Waals surface area contributed by atoms with E-state index in [0.29, 0.717) is 11.4 Å². The Morgan fingerprint density at radius 1 is 1.11 bits per heavy atom. The maximum atomic E-state index is 12.1. The summed E-state index contributed by atoms with van der Waals surface area (Å²) in [5, 5.41) is 0. The first-order valence-corrected chi connectivity index (χ1v) is 7.44. The lowest BCUT2D eigenvalue weighted by atomic mass is 10.2. The first-order valence-electron chi connectivity index (χ1n) is 5.28. The third-order valence-corrected chi connectivity index (χ3v) is 3.98. The van der Waals surface area contributed by atoms with E-state index in [1.54, 1.807) is 12.1 Å². The number of hydrogen-bond donors (Lipinski definition) is 0. The molecule has 1 aromatic rings. The van der Waals surface area contributed by atoms with Crippen molar-refractivity contribution < 1.29 is 18.7 Å². The van der Waals surface area contributed by atoms with E-state index in [1.807, 2.05) is 45.2 Å². The molecule has 1 aliphatic rings. The average molecular weight is 487 g/mol. The Balaban J connectivity index is 2.35. The van der Waals surface area contributed by atoms with E-state index in [9.17, 15) is 14.0 Å². The molecule has 0 radical (unpaired) electrons. The van der Waals surface area contributed by atoms with E-state index in [0.717, 1.165) is 12.0 Å². The van der Waals surface area contributed by atoms with Crippen LogP contribution in [0.2, 0.25) is 0 Å². The van der Waals surface area contributed by atoms with Gasteiger partial charge in [0.25, 0.3) is 11.8 Å². The third-order valence-electron chi connectivity index (χ3n) is 2.37. The predicted molar refractivity (Wildman–Crippen MR) is 85.0 cm³/mol. The van der Waals surface area contributed by atoms with Gasteiger partial charge in [-0.2, -0.15) is 0 Å². The Hall–Kier alpha value is -0.710. The first kappa shape index (κ1) is 14.7. The molecule has 1 aromatic carbocycles. The molecule has 0 atom stereocenters. The zero-order chi connectivity index (χ0) is 14.0. The molecule has 2 rings (SSSR count). The van der Waals surface area contributed by atoms with Gasteiger partial charge in [-0.15, -0.1) is 0 Å². The van der Waals surface area contributed by atoms with Crippen LogP contribution in [0, 0.1) is 7.14 Å². The summed E-state index contributed by atoms with van der Waals surface area (Å²) in [5.41, 5.74) is 0.487. The van der Waals surface area contributed by atoms with Crippen LogP contribution in [-0.2, 0) is 9.59 Å². The third kappa shape index (κ3) is 3.07. The highest BCUT2D eigenvalue weighted by Crippen LogP contribution is 2.33. The van der Waals surface area contributed by atoms with E-state index in [4.69, 9.17) is 4.74 Å². The Bertz CT molecular complexity index is 533. The summed E-state index contributed by atoms with van der Waals surface area (Å²) in [6.07, 6.45) is 2.46. The minimum atomic E-state index is -0.569. The number of hydrogen-bond acceptors (Lipinski definition) is 3. The van der Waals surface area contributed by atoms with Gasteiger partial charge in [0.2, 0.25) is 0 Å². The van der Waals surface area contributed by atoms with Crippen molar-refractivity contribution in [2.75, 3.05) is 18.2 Å². The van der Waals surface area contributed by atoms with Crippen molar-refractivity contribution in [3.8, 4) is 5.75 Å². The van der Waals surface area contributed by atoms with Gasteiger partial charge in [0.1, 0.15) is 19.0 Å². The first-order chi connectivity index (χ1) is 9.04. The molecule has 7 heteroatoms.